The lowest BCUT2D eigenvalue weighted by Crippen LogP contribution is -2.27. The zero-order valence-corrected chi connectivity index (χ0v) is 19.1. The number of nitrogens with zero attached hydrogens (tertiary/aromatic N) is 1. The number of amides is 2. The van der Waals surface area contributed by atoms with Gasteiger partial charge in [0.2, 0.25) is 0 Å². The highest BCUT2D eigenvalue weighted by Gasteiger charge is 2.34. The summed E-state index contributed by atoms with van der Waals surface area (Å²) < 4.78 is 0. The Kier molecular flexibility index (Phi) is 6.93. The van der Waals surface area contributed by atoms with Crippen molar-refractivity contribution in [3.63, 3.8) is 0 Å². The van der Waals surface area contributed by atoms with Crippen LogP contribution in [-0.2, 0) is 11.3 Å². The first-order chi connectivity index (χ1) is 16.8. The number of thioether (sulfide) groups is 1. The molecule has 0 spiro atoms. The molecule has 35 heavy (non-hydrogen) atoms. The summed E-state index contributed by atoms with van der Waals surface area (Å²) in [6, 6.07) is 19.4. The number of imide groups is 1. The molecule has 2 amide bonds. The van der Waals surface area contributed by atoms with Crippen LogP contribution in [0.4, 0.5) is 4.79 Å². The van der Waals surface area contributed by atoms with E-state index in [1.54, 1.807) is 66.7 Å². The van der Waals surface area contributed by atoms with Crippen LogP contribution in [0.1, 0.15) is 37.4 Å². The first-order valence-corrected chi connectivity index (χ1v) is 11.3. The van der Waals surface area contributed by atoms with Crippen LogP contribution in [-0.4, -0.2) is 38.0 Å². The Hall–Kier alpha value is -4.43. The van der Waals surface area contributed by atoms with Crippen molar-refractivity contribution in [2.24, 2.45) is 0 Å². The smallest absolute Gasteiger partial charge is 0.335 e. The van der Waals surface area contributed by atoms with E-state index < -0.39 is 17.1 Å². The quantitative estimate of drug-likeness (QED) is 0.348. The number of phenols is 1. The van der Waals surface area contributed by atoms with Gasteiger partial charge in [-0.15, -0.1) is 0 Å². The minimum absolute atomic E-state index is 0.0522. The molecule has 8 heteroatoms. The molecule has 0 bridgehead atoms. The minimum atomic E-state index is -1.05. The zero-order valence-electron chi connectivity index (χ0n) is 18.3. The van der Waals surface area contributed by atoms with Crippen LogP contribution in [0.15, 0.2) is 83.8 Å². The monoisotopic (exact) mass is 485 g/mol. The van der Waals surface area contributed by atoms with Crippen molar-refractivity contribution >= 4 is 46.8 Å². The van der Waals surface area contributed by atoms with Crippen LogP contribution in [0.3, 0.4) is 0 Å². The van der Waals surface area contributed by atoms with Crippen LogP contribution < -0.4 is 0 Å². The first kappa shape index (κ1) is 23.7. The zero-order chi connectivity index (χ0) is 24.9. The number of carboxylic acid groups (broad SMARTS) is 1. The molecule has 1 saturated heterocycles. The van der Waals surface area contributed by atoms with E-state index in [0.717, 1.165) is 22.2 Å². The maximum absolute atomic E-state index is 12.8. The number of aromatic carboxylic acids is 1. The highest BCUT2D eigenvalue weighted by Crippen LogP contribution is 2.33. The van der Waals surface area contributed by atoms with Crippen LogP contribution >= 0.6 is 11.8 Å². The van der Waals surface area contributed by atoms with Crippen molar-refractivity contribution in [3.05, 3.63) is 112 Å². The average molecular weight is 486 g/mol. The molecule has 2 N–H and O–H groups in total. The SMILES string of the molecule is O=C(O)c1ccc(CN2C(=O)S/C(=C\c3ccc(/C=C/C(=O)c4ccccc4O)cc3)C2=O)cc1. The van der Waals surface area contributed by atoms with Gasteiger partial charge < -0.3 is 10.2 Å². The van der Waals surface area contributed by atoms with E-state index in [9.17, 15) is 24.3 Å². The standard InChI is InChI=1S/C27H19NO6S/c29-22-4-2-1-3-21(22)23(30)14-11-17-5-7-18(8-6-17)15-24-25(31)28(27(34)35-24)16-19-9-12-20(13-10-19)26(32)33/h1-15,29H,16H2,(H,32,33)/b14-11+,24-15-. The third-order valence-corrected chi connectivity index (χ3v) is 6.15. The van der Waals surface area contributed by atoms with Crippen molar-refractivity contribution in [1.29, 1.82) is 0 Å². The van der Waals surface area contributed by atoms with Crippen LogP contribution in [0, 0.1) is 0 Å². The highest BCUT2D eigenvalue weighted by atomic mass is 32.2. The number of carbonyl (C=O) groups excluding carboxylic acids is 3. The maximum atomic E-state index is 12.8. The van der Waals surface area contributed by atoms with Crippen molar-refractivity contribution < 1.29 is 29.4 Å². The van der Waals surface area contributed by atoms with Gasteiger partial charge in [-0.1, -0.05) is 54.6 Å². The lowest BCUT2D eigenvalue weighted by atomic mass is 10.1. The number of ketones is 1. The summed E-state index contributed by atoms with van der Waals surface area (Å²) in [6.45, 7) is 0.0522. The van der Waals surface area contributed by atoms with Gasteiger partial charge in [0.15, 0.2) is 5.78 Å². The molecular weight excluding hydrogens is 466 g/mol. The fraction of sp³-hybridized carbons (Fsp3) is 0.0370. The summed E-state index contributed by atoms with van der Waals surface area (Å²) >= 11 is 0.843. The Morgan fingerprint density at radius 1 is 0.886 bits per heavy atom. The summed E-state index contributed by atoms with van der Waals surface area (Å²) in [4.78, 5) is 49.8. The minimum Gasteiger partial charge on any atom is -0.507 e. The summed E-state index contributed by atoms with van der Waals surface area (Å²) in [6.07, 6.45) is 4.62. The molecule has 0 aliphatic carbocycles. The second kappa shape index (κ2) is 10.2. The summed E-state index contributed by atoms with van der Waals surface area (Å²) in [5.41, 5.74) is 2.46. The topological polar surface area (TPSA) is 112 Å². The molecule has 0 saturated carbocycles. The fourth-order valence-electron chi connectivity index (χ4n) is 3.37. The number of para-hydroxylation sites is 1. The molecule has 1 heterocycles. The molecule has 1 fully saturated rings. The third-order valence-electron chi connectivity index (χ3n) is 5.25. The predicted molar refractivity (Wildman–Crippen MR) is 133 cm³/mol. The Balaban J connectivity index is 1.42. The van der Waals surface area contributed by atoms with Gasteiger partial charge in [-0.25, -0.2) is 4.79 Å². The van der Waals surface area contributed by atoms with Crippen molar-refractivity contribution in [2.75, 3.05) is 0 Å². The number of hydrogen-bond donors (Lipinski definition) is 2. The third kappa shape index (κ3) is 5.56. The molecule has 0 atom stereocenters. The van der Waals surface area contributed by atoms with E-state index in [0.29, 0.717) is 11.1 Å². The van der Waals surface area contributed by atoms with Gasteiger partial charge in [-0.05, 0) is 64.9 Å². The van der Waals surface area contributed by atoms with Crippen molar-refractivity contribution in [2.45, 2.75) is 6.54 Å². The lowest BCUT2D eigenvalue weighted by Gasteiger charge is -2.12. The Morgan fingerprint density at radius 2 is 1.54 bits per heavy atom. The van der Waals surface area contributed by atoms with Crippen LogP contribution in [0.5, 0.6) is 5.75 Å². The Labute approximate surface area is 205 Å². The maximum Gasteiger partial charge on any atom is 0.335 e. The number of carbonyl (C=O) groups is 4. The molecule has 4 rings (SSSR count). The van der Waals surface area contributed by atoms with Crippen molar-refractivity contribution in [1.82, 2.24) is 4.90 Å². The molecule has 0 unspecified atom stereocenters. The summed E-state index contributed by atoms with van der Waals surface area (Å²) in [5, 5.41) is 18.4. The second-order valence-corrected chi connectivity index (χ2v) is 8.64. The molecule has 3 aromatic carbocycles. The number of hydrogen-bond acceptors (Lipinski definition) is 6. The largest absolute Gasteiger partial charge is 0.507 e. The van der Waals surface area contributed by atoms with E-state index in [1.165, 1.54) is 24.3 Å². The Morgan fingerprint density at radius 3 is 2.20 bits per heavy atom. The molecule has 1 aliphatic heterocycles. The molecule has 1 aliphatic rings. The molecule has 174 valence electrons. The van der Waals surface area contributed by atoms with Crippen LogP contribution in [0.2, 0.25) is 0 Å². The van der Waals surface area contributed by atoms with Gasteiger partial charge in [-0.3, -0.25) is 19.3 Å². The van der Waals surface area contributed by atoms with Gasteiger partial charge in [-0.2, -0.15) is 0 Å². The van der Waals surface area contributed by atoms with Crippen LogP contribution in [0.25, 0.3) is 12.2 Å². The van der Waals surface area contributed by atoms with Gasteiger partial charge in [0.25, 0.3) is 11.1 Å². The fourth-order valence-corrected chi connectivity index (χ4v) is 4.21. The number of rotatable bonds is 7. The lowest BCUT2D eigenvalue weighted by molar-refractivity contribution is -0.123. The highest BCUT2D eigenvalue weighted by molar-refractivity contribution is 8.18. The first-order valence-electron chi connectivity index (χ1n) is 10.5. The van der Waals surface area contributed by atoms with Gasteiger partial charge in [0, 0.05) is 0 Å². The van der Waals surface area contributed by atoms with E-state index in [1.807, 2.05) is 0 Å². The average Bonchev–Trinajstić information content (AvgIpc) is 3.11. The number of allylic oxidation sites excluding steroid dienone is 1. The predicted octanol–water partition coefficient (Wildman–Crippen LogP) is 5.22. The number of phenolic OH excluding ortho intramolecular Hbond substituents is 1. The van der Waals surface area contributed by atoms with E-state index >= 15 is 0 Å². The van der Waals surface area contributed by atoms with Gasteiger partial charge >= 0.3 is 5.97 Å². The van der Waals surface area contributed by atoms with E-state index in [4.69, 9.17) is 5.11 Å². The molecule has 0 aromatic heterocycles. The van der Waals surface area contributed by atoms with E-state index in [2.05, 4.69) is 0 Å². The number of aromatic hydroxyl groups is 1. The Bertz CT molecular complexity index is 1370. The van der Waals surface area contributed by atoms with Gasteiger partial charge in [0.1, 0.15) is 5.75 Å². The molecule has 3 aromatic rings. The molecule has 7 nitrogen and oxygen atoms in total. The van der Waals surface area contributed by atoms with E-state index in [-0.39, 0.29) is 34.1 Å². The number of carboxylic acids is 1. The normalized spacial score (nSPS) is 14.7. The van der Waals surface area contributed by atoms with Crippen molar-refractivity contribution in [3.8, 4) is 5.75 Å². The van der Waals surface area contributed by atoms with Gasteiger partial charge in [0.05, 0.1) is 22.6 Å². The second-order valence-electron chi connectivity index (χ2n) is 7.65. The molecule has 0 radical (unpaired) electrons. The summed E-state index contributed by atoms with van der Waals surface area (Å²) in [7, 11) is 0. The molecular formula is C27H19NO6S. The number of benzene rings is 3. The summed E-state index contributed by atoms with van der Waals surface area (Å²) in [5.74, 6) is -1.86.